The molecule has 20 heavy (non-hydrogen) atoms. The fraction of sp³-hybridized carbons (Fsp3) is 0.571. The van der Waals surface area contributed by atoms with Crippen LogP contribution in [-0.2, 0) is 16.3 Å². The van der Waals surface area contributed by atoms with Crippen LogP contribution in [0.2, 0.25) is 0 Å². The van der Waals surface area contributed by atoms with E-state index in [4.69, 9.17) is 4.74 Å². The van der Waals surface area contributed by atoms with Crippen LogP contribution in [-0.4, -0.2) is 39.1 Å². The Hall–Kier alpha value is -1.14. The number of hydrogen-bond acceptors (Lipinski definition) is 4. The molecule has 3 rings (SSSR count). The number of rotatable bonds is 4. The molecule has 0 radical (unpaired) electrons. The molecule has 1 aromatic rings. The first kappa shape index (κ1) is 13.8. The van der Waals surface area contributed by atoms with Crippen molar-refractivity contribution in [2.24, 2.45) is 5.92 Å². The van der Waals surface area contributed by atoms with Crippen LogP contribution >= 0.6 is 0 Å². The molecule has 1 saturated heterocycles. The zero-order chi connectivity index (χ0) is 14.2. The number of hydrogen-bond donors (Lipinski definition) is 1. The van der Waals surface area contributed by atoms with Crippen molar-refractivity contribution in [1.82, 2.24) is 5.32 Å². The Kier molecular flexibility index (Phi) is 3.69. The SMILES string of the molecule is O=S1(=O)CCC(CNCC2Cc3cc(F)ccc3O2)C1. The van der Waals surface area contributed by atoms with Gasteiger partial charge in [0.25, 0.3) is 0 Å². The Morgan fingerprint density at radius 2 is 2.20 bits per heavy atom. The number of sulfone groups is 1. The molecule has 0 spiro atoms. The van der Waals surface area contributed by atoms with Gasteiger partial charge in [-0.3, -0.25) is 0 Å². The lowest BCUT2D eigenvalue weighted by atomic mass is 10.1. The molecule has 1 aromatic carbocycles. The largest absolute Gasteiger partial charge is 0.488 e. The van der Waals surface area contributed by atoms with E-state index in [-0.39, 0.29) is 23.6 Å². The highest BCUT2D eigenvalue weighted by atomic mass is 32.2. The fourth-order valence-electron chi connectivity index (χ4n) is 2.88. The second-order valence-corrected chi connectivity index (χ2v) is 7.85. The van der Waals surface area contributed by atoms with Crippen LogP contribution in [0.4, 0.5) is 4.39 Å². The van der Waals surface area contributed by atoms with Crippen molar-refractivity contribution in [2.75, 3.05) is 24.6 Å². The predicted octanol–water partition coefficient (Wildman–Crippen LogP) is 1.15. The number of ether oxygens (including phenoxy) is 1. The first-order valence-corrected chi connectivity index (χ1v) is 8.70. The van der Waals surface area contributed by atoms with Crippen molar-refractivity contribution in [3.63, 3.8) is 0 Å². The molecule has 1 N–H and O–H groups in total. The van der Waals surface area contributed by atoms with E-state index < -0.39 is 9.84 Å². The Bertz CT molecular complexity index is 602. The van der Waals surface area contributed by atoms with E-state index in [1.54, 1.807) is 6.07 Å². The molecule has 2 atom stereocenters. The third kappa shape index (κ3) is 3.12. The first-order valence-electron chi connectivity index (χ1n) is 6.88. The van der Waals surface area contributed by atoms with Crippen LogP contribution in [0.15, 0.2) is 18.2 Å². The monoisotopic (exact) mass is 299 g/mol. The van der Waals surface area contributed by atoms with Gasteiger partial charge < -0.3 is 10.1 Å². The molecular weight excluding hydrogens is 281 g/mol. The Labute approximate surface area is 118 Å². The molecule has 2 aliphatic rings. The van der Waals surface area contributed by atoms with E-state index >= 15 is 0 Å². The van der Waals surface area contributed by atoms with Gasteiger partial charge in [0.05, 0.1) is 11.5 Å². The van der Waals surface area contributed by atoms with Crippen LogP contribution in [0.5, 0.6) is 5.75 Å². The third-order valence-electron chi connectivity index (χ3n) is 3.90. The molecule has 1 fully saturated rings. The van der Waals surface area contributed by atoms with Gasteiger partial charge in [-0.05, 0) is 37.1 Å². The van der Waals surface area contributed by atoms with Crippen LogP contribution < -0.4 is 10.1 Å². The van der Waals surface area contributed by atoms with Gasteiger partial charge in [-0.15, -0.1) is 0 Å². The summed E-state index contributed by atoms with van der Waals surface area (Å²) in [5, 5.41) is 3.27. The summed E-state index contributed by atoms with van der Waals surface area (Å²) in [4.78, 5) is 0. The van der Waals surface area contributed by atoms with Gasteiger partial charge in [0, 0.05) is 18.5 Å². The molecule has 0 saturated carbocycles. The van der Waals surface area contributed by atoms with E-state index in [1.807, 2.05) is 0 Å². The number of nitrogens with one attached hydrogen (secondary N) is 1. The minimum atomic E-state index is -2.81. The predicted molar refractivity (Wildman–Crippen MR) is 74.2 cm³/mol. The lowest BCUT2D eigenvalue weighted by molar-refractivity contribution is 0.225. The number of halogens is 1. The number of benzene rings is 1. The molecule has 6 heteroatoms. The average molecular weight is 299 g/mol. The van der Waals surface area contributed by atoms with Gasteiger partial charge in [0.1, 0.15) is 17.7 Å². The quantitative estimate of drug-likeness (QED) is 0.906. The van der Waals surface area contributed by atoms with Crippen molar-refractivity contribution in [1.29, 1.82) is 0 Å². The van der Waals surface area contributed by atoms with Crippen LogP contribution in [0, 0.1) is 11.7 Å². The highest BCUT2D eigenvalue weighted by molar-refractivity contribution is 7.91. The molecule has 2 heterocycles. The van der Waals surface area contributed by atoms with Crippen LogP contribution in [0.3, 0.4) is 0 Å². The van der Waals surface area contributed by atoms with Gasteiger partial charge in [-0.1, -0.05) is 0 Å². The summed E-state index contributed by atoms with van der Waals surface area (Å²) in [6.07, 6.45) is 1.44. The molecule has 4 nitrogen and oxygen atoms in total. The normalized spacial score (nSPS) is 27.2. The summed E-state index contributed by atoms with van der Waals surface area (Å²) in [5.74, 6) is 1.32. The summed E-state index contributed by atoms with van der Waals surface area (Å²) < 4.78 is 41.5. The second kappa shape index (κ2) is 5.33. The van der Waals surface area contributed by atoms with Crippen molar-refractivity contribution in [3.05, 3.63) is 29.6 Å². The van der Waals surface area contributed by atoms with E-state index in [2.05, 4.69) is 5.32 Å². The average Bonchev–Trinajstić information content (AvgIpc) is 2.92. The minimum absolute atomic E-state index is 0.00445. The zero-order valence-electron chi connectivity index (χ0n) is 11.1. The second-order valence-electron chi connectivity index (χ2n) is 5.62. The summed E-state index contributed by atoms with van der Waals surface area (Å²) >= 11 is 0. The lowest BCUT2D eigenvalue weighted by Gasteiger charge is -2.14. The smallest absolute Gasteiger partial charge is 0.150 e. The molecule has 0 amide bonds. The topological polar surface area (TPSA) is 55.4 Å². The maximum absolute atomic E-state index is 13.1. The third-order valence-corrected chi connectivity index (χ3v) is 5.73. The van der Waals surface area contributed by atoms with E-state index in [9.17, 15) is 12.8 Å². The molecule has 110 valence electrons. The zero-order valence-corrected chi connectivity index (χ0v) is 12.0. The Morgan fingerprint density at radius 1 is 1.35 bits per heavy atom. The maximum atomic E-state index is 13.1. The first-order chi connectivity index (χ1) is 9.52. The van der Waals surface area contributed by atoms with Gasteiger partial charge in [-0.2, -0.15) is 0 Å². The van der Waals surface area contributed by atoms with Crippen molar-refractivity contribution < 1.29 is 17.5 Å². The summed E-state index contributed by atoms with van der Waals surface area (Å²) in [6, 6.07) is 4.57. The van der Waals surface area contributed by atoms with E-state index in [0.29, 0.717) is 25.3 Å². The minimum Gasteiger partial charge on any atom is -0.488 e. The lowest BCUT2D eigenvalue weighted by Crippen LogP contribution is -2.33. The van der Waals surface area contributed by atoms with Gasteiger partial charge >= 0.3 is 0 Å². The van der Waals surface area contributed by atoms with E-state index in [0.717, 1.165) is 17.7 Å². The molecule has 2 aliphatic heterocycles. The highest BCUT2D eigenvalue weighted by Crippen LogP contribution is 2.29. The van der Waals surface area contributed by atoms with Gasteiger partial charge in [0.2, 0.25) is 0 Å². The number of fused-ring (bicyclic) bond motifs is 1. The fourth-order valence-corrected chi connectivity index (χ4v) is 4.75. The van der Waals surface area contributed by atoms with Crippen LogP contribution in [0.1, 0.15) is 12.0 Å². The van der Waals surface area contributed by atoms with Crippen LogP contribution in [0.25, 0.3) is 0 Å². The molecule has 0 aromatic heterocycles. The molecule has 2 unspecified atom stereocenters. The maximum Gasteiger partial charge on any atom is 0.150 e. The Morgan fingerprint density at radius 3 is 2.95 bits per heavy atom. The van der Waals surface area contributed by atoms with Crippen molar-refractivity contribution >= 4 is 9.84 Å². The summed E-state index contributed by atoms with van der Waals surface area (Å²) in [6.45, 7) is 1.36. The summed E-state index contributed by atoms with van der Waals surface area (Å²) in [5.41, 5.74) is 0.903. The highest BCUT2D eigenvalue weighted by Gasteiger charge is 2.28. The molecule has 0 aliphatic carbocycles. The van der Waals surface area contributed by atoms with Crippen molar-refractivity contribution in [3.8, 4) is 5.75 Å². The standard InChI is InChI=1S/C14H18FNO3S/c15-12-1-2-14-11(5-12)6-13(19-14)8-16-7-10-3-4-20(17,18)9-10/h1-2,5,10,13,16H,3-4,6-9H2. The van der Waals surface area contributed by atoms with Gasteiger partial charge in [0.15, 0.2) is 9.84 Å². The van der Waals surface area contributed by atoms with Gasteiger partial charge in [-0.25, -0.2) is 12.8 Å². The Balaban J connectivity index is 1.45. The molecule has 0 bridgehead atoms. The molecular formula is C14H18FNO3S. The van der Waals surface area contributed by atoms with E-state index in [1.165, 1.54) is 12.1 Å². The van der Waals surface area contributed by atoms with Crippen molar-refractivity contribution in [2.45, 2.75) is 18.9 Å². The summed E-state index contributed by atoms with van der Waals surface area (Å²) in [7, 11) is -2.81.